The number of Topliss-reactive ketones (excluding diaryl/α,β-unsaturated/α-hetero) is 5. The molecule has 1 aliphatic rings. The molecule has 11 aromatic rings. The molecule has 0 aliphatic heterocycles. The van der Waals surface area contributed by atoms with Crippen molar-refractivity contribution < 1.29 is 67.6 Å². The van der Waals surface area contributed by atoms with E-state index in [2.05, 4.69) is 19.7 Å². The summed E-state index contributed by atoms with van der Waals surface area (Å²) < 4.78 is 8.87. The predicted molar refractivity (Wildman–Crippen MR) is 363 cm³/mol. The number of para-hydroxylation sites is 3. The number of hydrogen-bond donors (Lipinski definition) is 4. The highest BCUT2D eigenvalue weighted by Gasteiger charge is 2.27. The minimum atomic E-state index is -0.974. The van der Waals surface area contributed by atoms with Crippen LogP contribution in [0.25, 0.3) is 66.5 Å². The molecule has 19 nitrogen and oxygen atoms in total. The van der Waals surface area contributed by atoms with E-state index in [0.717, 1.165) is 44.3 Å². The Labute approximate surface area is 546 Å². The second-order valence-electron chi connectivity index (χ2n) is 21.4. The molecule has 3 aromatic heterocycles. The summed E-state index contributed by atoms with van der Waals surface area (Å²) in [5, 5.41) is 20.8. The number of carboxylic acid groups (broad SMARTS) is 2. The summed E-state index contributed by atoms with van der Waals surface area (Å²) in [6.07, 6.45) is 1.10. The Morgan fingerprint density at radius 3 is 1.14 bits per heavy atom. The monoisotopic (exact) mass is 1270 g/mol. The Balaban J connectivity index is 0.000000169. The minimum Gasteiger partial charge on any atom is -0.478 e. The van der Waals surface area contributed by atoms with Crippen molar-refractivity contribution in [2.75, 3.05) is 18.6 Å². The minimum absolute atomic E-state index is 0.0694. The number of fused-ring (bicyclic) bond motifs is 4. The van der Waals surface area contributed by atoms with Gasteiger partial charge in [0.05, 0.1) is 57.4 Å². The van der Waals surface area contributed by atoms with Crippen molar-refractivity contribution in [3.63, 3.8) is 0 Å². The molecule has 0 unspecified atom stereocenters. The molecular weight excluding hydrogens is 1210 g/mol. The number of nitrogen functional groups attached to an aromatic ring is 2. The lowest BCUT2D eigenvalue weighted by molar-refractivity contribution is -0.156. The first-order chi connectivity index (χ1) is 45.4. The van der Waals surface area contributed by atoms with Gasteiger partial charge in [0, 0.05) is 88.5 Å². The Morgan fingerprint density at radius 2 is 0.789 bits per heavy atom. The fourth-order valence-electron chi connectivity index (χ4n) is 9.64. The van der Waals surface area contributed by atoms with Gasteiger partial charge in [0.1, 0.15) is 11.6 Å². The number of ketones is 5. The molecule has 95 heavy (non-hydrogen) atoms. The van der Waals surface area contributed by atoms with Crippen molar-refractivity contribution in [2.24, 2.45) is 0 Å². The third-order valence-electron chi connectivity index (χ3n) is 14.1. The predicted octanol–water partition coefficient (Wildman–Crippen LogP) is 13.3. The first-order valence-electron chi connectivity index (χ1n) is 29.4. The fraction of sp³-hybridized carbons (Fsp3) is 0.118. The molecule has 12 rings (SSSR count). The van der Waals surface area contributed by atoms with E-state index < -0.39 is 23.9 Å². The zero-order chi connectivity index (χ0) is 68.9. The molecule has 6 N–H and O–H groups in total. The normalized spacial score (nSPS) is 10.8. The number of pyridine rings is 3. The summed E-state index contributed by atoms with van der Waals surface area (Å²) in [4.78, 5) is 123. The summed E-state index contributed by atoms with van der Waals surface area (Å²) in [5.41, 5.74) is 24.0. The number of aromatic carboxylic acids is 2. The molecule has 0 spiro atoms. The van der Waals surface area contributed by atoms with Crippen LogP contribution in [-0.4, -0.2) is 91.0 Å². The third-order valence-corrected chi connectivity index (χ3v) is 14.1. The summed E-state index contributed by atoms with van der Waals surface area (Å²) in [7, 11) is 1.37. The van der Waals surface area contributed by atoms with Crippen LogP contribution >= 0.6 is 0 Å². The molecule has 0 radical (unpaired) electrons. The molecule has 0 bridgehead atoms. The van der Waals surface area contributed by atoms with Gasteiger partial charge < -0.3 is 31.2 Å². The molecule has 3 heterocycles. The lowest BCUT2D eigenvalue weighted by Gasteiger charge is -2.09. The number of nitrogens with two attached hydrogens (primary N) is 2. The second kappa shape index (κ2) is 33.0. The van der Waals surface area contributed by atoms with Crippen molar-refractivity contribution in [1.29, 1.82) is 0 Å². The highest BCUT2D eigenvalue weighted by Crippen LogP contribution is 2.29. The molecule has 19 heteroatoms. The van der Waals surface area contributed by atoms with E-state index in [4.69, 9.17) is 16.2 Å². The first-order valence-corrected chi connectivity index (χ1v) is 29.4. The van der Waals surface area contributed by atoms with Crippen LogP contribution in [0.3, 0.4) is 0 Å². The summed E-state index contributed by atoms with van der Waals surface area (Å²) in [6.45, 7) is 7.02. The number of rotatable bonds is 11. The van der Waals surface area contributed by atoms with Gasteiger partial charge in [-0.15, -0.1) is 0 Å². The van der Waals surface area contributed by atoms with Crippen LogP contribution in [0.4, 0.5) is 11.4 Å². The fourth-order valence-corrected chi connectivity index (χ4v) is 9.64. The molecule has 0 fully saturated rings. The highest BCUT2D eigenvalue weighted by atomic mass is 16.6. The van der Waals surface area contributed by atoms with E-state index in [1.54, 1.807) is 111 Å². The summed E-state index contributed by atoms with van der Waals surface area (Å²) in [6, 6.07) is 63.1. The molecule has 0 saturated heterocycles. The van der Waals surface area contributed by atoms with Crippen LogP contribution in [-0.2, 0) is 52.7 Å². The van der Waals surface area contributed by atoms with Gasteiger partial charge in [0.2, 0.25) is 11.6 Å². The van der Waals surface area contributed by atoms with Gasteiger partial charge in [-0.1, -0.05) is 140 Å². The number of carbonyl (C=O) groups is 10. The van der Waals surface area contributed by atoms with Crippen LogP contribution in [0.1, 0.15) is 103 Å². The van der Waals surface area contributed by atoms with E-state index in [0.29, 0.717) is 79.8 Å². The van der Waals surface area contributed by atoms with E-state index in [-0.39, 0.29) is 52.4 Å². The summed E-state index contributed by atoms with van der Waals surface area (Å²) in [5.74, 6) is -3.76. The van der Waals surface area contributed by atoms with Crippen LogP contribution in [0, 0.1) is 0 Å². The topological polar surface area (TPSA) is 320 Å². The van der Waals surface area contributed by atoms with Crippen molar-refractivity contribution >= 4 is 103 Å². The molecule has 8 aromatic carbocycles. The van der Waals surface area contributed by atoms with Crippen molar-refractivity contribution in [2.45, 2.75) is 53.9 Å². The maximum Gasteiger partial charge on any atom is 0.338 e. The van der Waals surface area contributed by atoms with E-state index in [9.17, 15) is 58.2 Å². The first kappa shape index (κ1) is 70.0. The zero-order valence-electron chi connectivity index (χ0n) is 52.6. The number of esters is 3. The number of aromatic nitrogens is 3. The average molecular weight is 1270 g/mol. The quantitative estimate of drug-likeness (QED) is 0.0307. The Morgan fingerprint density at radius 1 is 0.442 bits per heavy atom. The lowest BCUT2D eigenvalue weighted by atomic mass is 10.0. The number of nitrogens with zero attached hydrogens (tertiary/aromatic N) is 3. The molecule has 478 valence electrons. The van der Waals surface area contributed by atoms with Crippen LogP contribution in [0.15, 0.2) is 212 Å². The maximum atomic E-state index is 12.1. The van der Waals surface area contributed by atoms with Gasteiger partial charge in [0.15, 0.2) is 5.78 Å². The Kier molecular flexibility index (Phi) is 24.3. The molecule has 0 atom stereocenters. The molecular formula is C76H65N5O14. The number of carboxylic acids is 2. The largest absolute Gasteiger partial charge is 0.478 e. The maximum absolute atomic E-state index is 12.1. The molecule has 1 aliphatic carbocycles. The van der Waals surface area contributed by atoms with Crippen LogP contribution in [0.5, 0.6) is 0 Å². The van der Waals surface area contributed by atoms with Crippen molar-refractivity contribution in [3.05, 3.63) is 257 Å². The van der Waals surface area contributed by atoms with Gasteiger partial charge in [-0.25, -0.2) is 29.3 Å². The van der Waals surface area contributed by atoms with Gasteiger partial charge in [-0.2, -0.15) is 0 Å². The number of benzene rings is 8. The van der Waals surface area contributed by atoms with Crippen molar-refractivity contribution in [1.82, 2.24) is 15.0 Å². The number of methoxy groups -OCH3 is 1. The highest BCUT2D eigenvalue weighted by molar-refractivity contribution is 6.47. The third kappa shape index (κ3) is 19.7. The SMILES string of the molecule is CC(=O)Cc1ccc(-c2cc(C(=O)O)c3ccccc3n2)cc1.CC(=O)OC(C)=O.CC(=O)c1ccc(N)cc1.COC(=O)c1cc(-c2ccc(CC(C)=O)cc2)nc2ccccc12.Nc1ccc(-c2cc(C(=O)O)c3ccccc3n2)cc1.O=C1Cc2ccccc2C1=O. The van der Waals surface area contributed by atoms with E-state index >= 15 is 0 Å². The number of ether oxygens (including phenoxy) is 2. The van der Waals surface area contributed by atoms with Gasteiger partial charge in [-0.3, -0.25) is 33.6 Å². The lowest BCUT2D eigenvalue weighted by Crippen LogP contribution is -2.05. The average Bonchev–Trinajstić information content (AvgIpc) is 1.65. The van der Waals surface area contributed by atoms with Crippen LogP contribution in [0.2, 0.25) is 0 Å². The van der Waals surface area contributed by atoms with E-state index in [1.165, 1.54) is 27.9 Å². The van der Waals surface area contributed by atoms with E-state index in [1.807, 2.05) is 115 Å². The van der Waals surface area contributed by atoms with Crippen molar-refractivity contribution in [3.8, 4) is 33.8 Å². The molecule has 0 saturated carbocycles. The second-order valence-corrected chi connectivity index (χ2v) is 21.4. The number of hydrogen-bond acceptors (Lipinski definition) is 17. The zero-order valence-corrected chi connectivity index (χ0v) is 52.6. The standard InChI is InChI=1S/C20H17NO3.C19H15NO3.C16H12N2O2.C9H6O2.C8H9NO.C4H6O3/c1-13(22)11-14-7-9-15(10-8-14)19-12-17(20(23)24-2)16-5-3-4-6-18(16)21-19;1-12(21)10-13-6-8-14(9-7-13)18-11-16(19(22)23)15-4-2-3-5-17(15)20-18;17-11-7-5-10(6-8-11)15-9-13(16(19)20)12-3-1-2-4-14(12)18-15;10-8-5-6-3-1-2-4-7(6)9(8)11;1-6(10)7-2-4-8(9)5-3-7;1-3(5)7-4(2)6/h3-10,12H,11H2,1-2H3;2-9,11H,10H2,1H3,(H,22,23);1-9H,17H2,(H,19,20);1-4H,5H2;2-5H,9H2,1H3;1-2H3. The molecule has 0 amide bonds. The van der Waals surface area contributed by atoms with Gasteiger partial charge in [0.25, 0.3) is 0 Å². The van der Waals surface area contributed by atoms with Crippen LogP contribution < -0.4 is 11.5 Å². The summed E-state index contributed by atoms with van der Waals surface area (Å²) >= 11 is 0. The van der Waals surface area contributed by atoms with Gasteiger partial charge >= 0.3 is 29.8 Å². The van der Waals surface area contributed by atoms with Gasteiger partial charge in [-0.05, 0) is 110 Å². The number of carbonyl (C=O) groups excluding carboxylic acids is 8. The smallest absolute Gasteiger partial charge is 0.338 e. The Hall–Kier alpha value is -12.5. The Bertz CT molecular complexity index is 4690. The number of anilines is 2.